The maximum absolute atomic E-state index is 11.3. The van der Waals surface area contributed by atoms with Crippen molar-refractivity contribution in [2.45, 2.75) is 13.8 Å². The fraction of sp³-hybridized carbons (Fsp3) is 0.308. The summed E-state index contributed by atoms with van der Waals surface area (Å²) in [6.07, 6.45) is -0.170. The summed E-state index contributed by atoms with van der Waals surface area (Å²) in [5.41, 5.74) is 0. The van der Waals surface area contributed by atoms with Crippen LogP contribution in [0.3, 0.4) is 0 Å². The molecule has 112 valence electrons. The SMILES string of the molecule is CC(=O)COC(=O)O/C(=N/c1ccccn1)OCC(C)=O. The molecular formula is C13H14N2O6. The summed E-state index contributed by atoms with van der Waals surface area (Å²) in [6.45, 7) is 1.79. The molecule has 0 bridgehead atoms. The van der Waals surface area contributed by atoms with E-state index in [-0.39, 0.29) is 24.0 Å². The smallest absolute Gasteiger partial charge is 0.442 e. The quantitative estimate of drug-likeness (QED) is 0.459. The molecule has 1 aromatic heterocycles. The van der Waals surface area contributed by atoms with Gasteiger partial charge in [-0.25, -0.2) is 9.78 Å². The van der Waals surface area contributed by atoms with Crippen molar-refractivity contribution in [2.75, 3.05) is 13.2 Å². The van der Waals surface area contributed by atoms with Gasteiger partial charge >= 0.3 is 12.2 Å². The second-order valence-corrected chi connectivity index (χ2v) is 3.90. The van der Waals surface area contributed by atoms with E-state index in [0.717, 1.165) is 0 Å². The number of nitrogens with zero attached hydrogens (tertiary/aromatic N) is 2. The van der Waals surface area contributed by atoms with Gasteiger partial charge < -0.3 is 14.2 Å². The maximum Gasteiger partial charge on any atom is 0.517 e. The molecule has 0 aliphatic rings. The van der Waals surface area contributed by atoms with Crippen LogP contribution in [0.15, 0.2) is 29.4 Å². The number of carbonyl (C=O) groups excluding carboxylic acids is 3. The number of aromatic nitrogens is 1. The van der Waals surface area contributed by atoms with Crippen LogP contribution in [-0.4, -0.2) is 42.0 Å². The number of Topliss-reactive ketones (excluding diaryl/α,β-unsaturated/α-hetero) is 2. The lowest BCUT2D eigenvalue weighted by Gasteiger charge is -2.07. The van der Waals surface area contributed by atoms with Crippen LogP contribution < -0.4 is 0 Å². The van der Waals surface area contributed by atoms with Crippen molar-refractivity contribution in [1.82, 2.24) is 4.98 Å². The summed E-state index contributed by atoms with van der Waals surface area (Å²) < 4.78 is 14.1. The van der Waals surface area contributed by atoms with Crippen molar-refractivity contribution in [3.63, 3.8) is 0 Å². The van der Waals surface area contributed by atoms with Crippen LogP contribution in [0, 0.1) is 0 Å². The summed E-state index contributed by atoms with van der Waals surface area (Å²) in [5, 5.41) is 0. The fourth-order valence-electron chi connectivity index (χ4n) is 1.02. The number of aliphatic imine (C=N–C) groups is 1. The zero-order valence-corrected chi connectivity index (χ0v) is 11.6. The first-order valence-electron chi connectivity index (χ1n) is 5.93. The van der Waals surface area contributed by atoms with Crippen LogP contribution in [0.4, 0.5) is 10.6 Å². The summed E-state index contributed by atoms with van der Waals surface area (Å²) in [5.74, 6) is -0.417. The Morgan fingerprint density at radius 2 is 1.76 bits per heavy atom. The molecule has 0 unspecified atom stereocenters. The average Bonchev–Trinajstić information content (AvgIpc) is 2.43. The minimum absolute atomic E-state index is 0.218. The van der Waals surface area contributed by atoms with E-state index >= 15 is 0 Å². The lowest BCUT2D eigenvalue weighted by Crippen LogP contribution is -2.21. The van der Waals surface area contributed by atoms with Crippen molar-refractivity contribution in [1.29, 1.82) is 0 Å². The zero-order valence-electron chi connectivity index (χ0n) is 11.6. The third-order valence-corrected chi connectivity index (χ3v) is 1.82. The van der Waals surface area contributed by atoms with Crippen LogP contribution in [0.5, 0.6) is 0 Å². The van der Waals surface area contributed by atoms with E-state index in [1.54, 1.807) is 18.2 Å². The van der Waals surface area contributed by atoms with Gasteiger partial charge in [0.05, 0.1) is 0 Å². The molecular weight excluding hydrogens is 280 g/mol. The molecule has 0 atom stereocenters. The summed E-state index contributed by atoms with van der Waals surface area (Å²) >= 11 is 0. The van der Waals surface area contributed by atoms with Gasteiger partial charge in [-0.2, -0.15) is 4.99 Å². The van der Waals surface area contributed by atoms with E-state index < -0.39 is 18.8 Å². The molecule has 0 fully saturated rings. The van der Waals surface area contributed by atoms with Crippen LogP contribution in [-0.2, 0) is 23.8 Å². The van der Waals surface area contributed by atoms with E-state index in [0.29, 0.717) is 0 Å². The number of ketones is 2. The molecule has 0 saturated heterocycles. The van der Waals surface area contributed by atoms with Gasteiger partial charge in [-0.15, -0.1) is 0 Å². The Kier molecular flexibility index (Phi) is 6.52. The van der Waals surface area contributed by atoms with Crippen molar-refractivity contribution in [3.8, 4) is 0 Å². The van der Waals surface area contributed by atoms with Crippen molar-refractivity contribution in [2.24, 2.45) is 4.99 Å². The normalized spacial score (nSPS) is 10.7. The molecule has 0 spiro atoms. The molecule has 0 amide bonds. The Balaban J connectivity index is 2.72. The Morgan fingerprint density at radius 1 is 1.10 bits per heavy atom. The Hall–Kier alpha value is -2.77. The monoisotopic (exact) mass is 294 g/mol. The highest BCUT2D eigenvalue weighted by Crippen LogP contribution is 2.07. The molecule has 8 heteroatoms. The first-order chi connectivity index (χ1) is 9.97. The molecule has 1 aromatic rings. The number of hydrogen-bond acceptors (Lipinski definition) is 8. The molecule has 1 heterocycles. The van der Waals surface area contributed by atoms with Gasteiger partial charge in [-0.3, -0.25) is 9.59 Å². The van der Waals surface area contributed by atoms with Gasteiger partial charge in [0.15, 0.2) is 30.6 Å². The number of hydrogen-bond donors (Lipinski definition) is 0. The van der Waals surface area contributed by atoms with E-state index in [4.69, 9.17) is 4.74 Å². The van der Waals surface area contributed by atoms with E-state index in [1.807, 2.05) is 0 Å². The molecule has 0 aliphatic heterocycles. The Morgan fingerprint density at radius 3 is 2.33 bits per heavy atom. The predicted molar refractivity (Wildman–Crippen MR) is 71.1 cm³/mol. The molecule has 0 saturated carbocycles. The Bertz CT molecular complexity index is 541. The van der Waals surface area contributed by atoms with Crippen LogP contribution in [0.1, 0.15) is 13.8 Å². The van der Waals surface area contributed by atoms with Crippen LogP contribution in [0.2, 0.25) is 0 Å². The van der Waals surface area contributed by atoms with Crippen LogP contribution in [0.25, 0.3) is 0 Å². The first kappa shape index (κ1) is 16.3. The number of rotatable bonds is 5. The summed E-state index contributed by atoms with van der Waals surface area (Å²) in [7, 11) is 0. The summed E-state index contributed by atoms with van der Waals surface area (Å²) in [6, 6.07) is 4.89. The standard InChI is InChI=1S/C13H14N2O6/c1-9(16)7-19-12(15-11-5-3-4-6-14-11)21-13(18)20-8-10(2)17/h3-6H,7-8H2,1-2H3/b15-12+. The maximum atomic E-state index is 11.3. The van der Waals surface area contributed by atoms with Crippen molar-refractivity contribution < 1.29 is 28.6 Å². The van der Waals surface area contributed by atoms with Crippen molar-refractivity contribution in [3.05, 3.63) is 24.4 Å². The second-order valence-electron chi connectivity index (χ2n) is 3.90. The van der Waals surface area contributed by atoms with Gasteiger partial charge in [-0.1, -0.05) is 6.07 Å². The Labute approximate surface area is 120 Å². The average molecular weight is 294 g/mol. The van der Waals surface area contributed by atoms with E-state index in [2.05, 4.69) is 19.5 Å². The number of carbonyl (C=O) groups is 3. The van der Waals surface area contributed by atoms with Gasteiger partial charge in [0.2, 0.25) is 0 Å². The third kappa shape index (κ3) is 7.41. The minimum Gasteiger partial charge on any atom is -0.442 e. The molecule has 0 N–H and O–H groups in total. The number of pyridine rings is 1. The molecule has 8 nitrogen and oxygen atoms in total. The topological polar surface area (TPSA) is 104 Å². The van der Waals surface area contributed by atoms with Gasteiger partial charge in [0.1, 0.15) is 0 Å². The van der Waals surface area contributed by atoms with E-state index in [1.165, 1.54) is 20.0 Å². The van der Waals surface area contributed by atoms with Crippen LogP contribution >= 0.6 is 0 Å². The third-order valence-electron chi connectivity index (χ3n) is 1.82. The zero-order chi connectivity index (χ0) is 15.7. The molecule has 0 radical (unpaired) electrons. The highest BCUT2D eigenvalue weighted by molar-refractivity contribution is 5.86. The van der Waals surface area contributed by atoms with Crippen molar-refractivity contribution >= 4 is 29.6 Å². The van der Waals surface area contributed by atoms with Gasteiger partial charge in [0, 0.05) is 6.20 Å². The molecule has 0 aliphatic carbocycles. The minimum atomic E-state index is -1.16. The largest absolute Gasteiger partial charge is 0.517 e. The first-order valence-corrected chi connectivity index (χ1v) is 5.93. The highest BCUT2D eigenvalue weighted by Gasteiger charge is 2.14. The second kappa shape index (κ2) is 8.41. The molecule has 1 rings (SSSR count). The predicted octanol–water partition coefficient (Wildman–Crippen LogP) is 1.42. The summed E-state index contributed by atoms with van der Waals surface area (Å²) in [4.78, 5) is 40.6. The molecule has 21 heavy (non-hydrogen) atoms. The fourth-order valence-corrected chi connectivity index (χ4v) is 1.02. The van der Waals surface area contributed by atoms with E-state index in [9.17, 15) is 14.4 Å². The van der Waals surface area contributed by atoms with Gasteiger partial charge in [-0.05, 0) is 26.0 Å². The van der Waals surface area contributed by atoms with Gasteiger partial charge in [0.25, 0.3) is 0 Å². The lowest BCUT2D eigenvalue weighted by molar-refractivity contribution is -0.120. The number of ether oxygens (including phenoxy) is 3. The molecule has 0 aromatic carbocycles. The highest BCUT2D eigenvalue weighted by atomic mass is 16.8. The lowest BCUT2D eigenvalue weighted by atomic mass is 10.5.